The molecule has 2 amide bonds. The Morgan fingerprint density at radius 2 is 1.68 bits per heavy atom. The smallest absolute Gasteiger partial charge is 0.329 e. The monoisotopic (exact) mass is 522 g/mol. The summed E-state index contributed by atoms with van der Waals surface area (Å²) >= 11 is 0. The van der Waals surface area contributed by atoms with Crippen molar-refractivity contribution in [1.29, 1.82) is 5.41 Å². The van der Waals surface area contributed by atoms with Gasteiger partial charge in [0.2, 0.25) is 11.8 Å². The van der Waals surface area contributed by atoms with Gasteiger partial charge in [-0.3, -0.25) is 15.0 Å². The summed E-state index contributed by atoms with van der Waals surface area (Å²) in [4.78, 5) is 42.9. The van der Waals surface area contributed by atoms with Crippen LogP contribution in [0.15, 0.2) is 54.6 Å². The van der Waals surface area contributed by atoms with Gasteiger partial charge >= 0.3 is 5.97 Å². The Hall–Kier alpha value is -3.96. The van der Waals surface area contributed by atoms with E-state index in [9.17, 15) is 19.5 Å². The third kappa shape index (κ3) is 5.07. The summed E-state index contributed by atoms with van der Waals surface area (Å²) in [7, 11) is 0. The third-order valence-electron chi connectivity index (χ3n) is 7.17. The first-order chi connectivity index (χ1) is 18.3. The summed E-state index contributed by atoms with van der Waals surface area (Å²) in [6.45, 7) is 3.23. The van der Waals surface area contributed by atoms with Gasteiger partial charge in [-0.15, -0.1) is 0 Å². The number of rotatable bonds is 10. The molecule has 2 fully saturated rings. The minimum atomic E-state index is -1.55. The number of carbonyl (C=O) groups is 3. The maximum atomic E-state index is 13.6. The van der Waals surface area contributed by atoms with Gasteiger partial charge in [0.15, 0.2) is 6.04 Å². The van der Waals surface area contributed by atoms with Gasteiger partial charge in [0, 0.05) is 31.7 Å². The number of ether oxygens (including phenoxy) is 1. The minimum Gasteiger partial charge on any atom is -0.488 e. The maximum Gasteiger partial charge on any atom is 0.329 e. The molecule has 0 aliphatic carbocycles. The van der Waals surface area contributed by atoms with E-state index in [-0.39, 0.29) is 43.8 Å². The van der Waals surface area contributed by atoms with Crippen LogP contribution in [0.2, 0.25) is 0 Å². The number of carboxylic acid groups (broad SMARTS) is 1. The number of hydrogen-bond donors (Lipinski definition) is 5. The second-order valence-electron chi connectivity index (χ2n) is 9.37. The van der Waals surface area contributed by atoms with Crippen LogP contribution < -0.4 is 21.1 Å². The molecule has 2 aromatic carbocycles. The van der Waals surface area contributed by atoms with Crippen molar-refractivity contribution in [2.45, 2.75) is 31.0 Å². The van der Waals surface area contributed by atoms with Gasteiger partial charge in [0.25, 0.3) is 0 Å². The SMILES string of the molecule is CCC(Oc1ccc(C(=N)N)cc1)C(c1ccccc1)(C(C(=O)O)N1CCNCC1=O)N1CCNCC1=O. The molecule has 2 saturated heterocycles. The number of nitrogens with one attached hydrogen (secondary N) is 3. The van der Waals surface area contributed by atoms with Crippen LogP contribution in [0.1, 0.15) is 24.5 Å². The molecule has 6 N–H and O–H groups in total. The van der Waals surface area contributed by atoms with Crippen molar-refractivity contribution in [3.63, 3.8) is 0 Å². The summed E-state index contributed by atoms with van der Waals surface area (Å²) in [6.07, 6.45) is -0.510. The molecule has 202 valence electrons. The van der Waals surface area contributed by atoms with Crippen LogP contribution in [0.5, 0.6) is 5.75 Å². The number of nitrogens with two attached hydrogens (primary N) is 1. The van der Waals surface area contributed by atoms with Crippen molar-refractivity contribution in [1.82, 2.24) is 20.4 Å². The van der Waals surface area contributed by atoms with E-state index in [1.54, 1.807) is 53.4 Å². The molecular formula is C27H34N6O5. The molecule has 0 bridgehead atoms. The molecule has 0 saturated carbocycles. The fourth-order valence-electron chi connectivity index (χ4n) is 5.51. The van der Waals surface area contributed by atoms with Crippen molar-refractivity contribution in [3.8, 4) is 5.75 Å². The van der Waals surface area contributed by atoms with Gasteiger partial charge < -0.3 is 36.0 Å². The number of amides is 2. The number of nitrogens with zero attached hydrogens (tertiary/aromatic N) is 2. The fourth-order valence-corrected chi connectivity index (χ4v) is 5.51. The molecule has 2 aromatic rings. The number of benzene rings is 2. The highest BCUT2D eigenvalue weighted by Gasteiger charge is 2.60. The second-order valence-corrected chi connectivity index (χ2v) is 9.37. The molecule has 4 rings (SSSR count). The van der Waals surface area contributed by atoms with Crippen LogP contribution in [-0.2, 0) is 19.9 Å². The Morgan fingerprint density at radius 1 is 1.05 bits per heavy atom. The number of aliphatic carboxylic acids is 1. The molecule has 0 aromatic heterocycles. The lowest BCUT2D eigenvalue weighted by Gasteiger charge is -2.55. The third-order valence-corrected chi connectivity index (χ3v) is 7.17. The number of amidine groups is 1. The van der Waals surface area contributed by atoms with Gasteiger partial charge in [-0.2, -0.15) is 0 Å². The van der Waals surface area contributed by atoms with E-state index in [0.29, 0.717) is 36.4 Å². The summed E-state index contributed by atoms with van der Waals surface area (Å²) in [5.74, 6) is -1.50. The quantitative estimate of drug-likeness (QED) is 0.221. The number of piperazine rings is 2. The molecule has 38 heavy (non-hydrogen) atoms. The lowest BCUT2D eigenvalue weighted by Crippen LogP contribution is -2.74. The Morgan fingerprint density at radius 3 is 2.24 bits per heavy atom. The minimum absolute atomic E-state index is 0.00824. The van der Waals surface area contributed by atoms with E-state index in [1.165, 1.54) is 4.90 Å². The van der Waals surface area contributed by atoms with Crippen LogP contribution in [0.3, 0.4) is 0 Å². The lowest BCUT2D eigenvalue weighted by atomic mass is 9.73. The largest absolute Gasteiger partial charge is 0.488 e. The van der Waals surface area contributed by atoms with Crippen molar-refractivity contribution < 1.29 is 24.2 Å². The number of hydrogen-bond acceptors (Lipinski definition) is 7. The van der Waals surface area contributed by atoms with E-state index in [1.807, 2.05) is 13.0 Å². The first-order valence-corrected chi connectivity index (χ1v) is 12.7. The zero-order valence-corrected chi connectivity index (χ0v) is 21.4. The van der Waals surface area contributed by atoms with Crippen molar-refractivity contribution in [2.75, 3.05) is 39.3 Å². The van der Waals surface area contributed by atoms with Crippen molar-refractivity contribution >= 4 is 23.6 Å². The van der Waals surface area contributed by atoms with Gasteiger partial charge in [-0.1, -0.05) is 37.3 Å². The predicted molar refractivity (Wildman–Crippen MR) is 141 cm³/mol. The molecule has 2 aliphatic rings. The molecule has 2 heterocycles. The normalized spacial score (nSPS) is 19.4. The van der Waals surface area contributed by atoms with E-state index in [4.69, 9.17) is 15.9 Å². The van der Waals surface area contributed by atoms with Crippen molar-refractivity contribution in [2.24, 2.45) is 5.73 Å². The van der Waals surface area contributed by atoms with Crippen LogP contribution >= 0.6 is 0 Å². The fraction of sp³-hybridized carbons (Fsp3) is 0.407. The average molecular weight is 523 g/mol. The van der Waals surface area contributed by atoms with E-state index in [2.05, 4.69) is 10.6 Å². The average Bonchev–Trinajstić information content (AvgIpc) is 2.92. The highest BCUT2D eigenvalue weighted by molar-refractivity contribution is 5.95. The van der Waals surface area contributed by atoms with Gasteiger partial charge in [0.05, 0.1) is 13.1 Å². The molecular weight excluding hydrogens is 488 g/mol. The maximum absolute atomic E-state index is 13.6. The van der Waals surface area contributed by atoms with Crippen LogP contribution in [0.4, 0.5) is 0 Å². The van der Waals surface area contributed by atoms with Crippen molar-refractivity contribution in [3.05, 3.63) is 65.7 Å². The first kappa shape index (κ1) is 27.1. The molecule has 3 unspecified atom stereocenters. The zero-order chi connectivity index (χ0) is 27.3. The molecule has 11 heteroatoms. The number of carbonyl (C=O) groups excluding carboxylic acids is 2. The Kier molecular flexibility index (Phi) is 8.28. The zero-order valence-electron chi connectivity index (χ0n) is 21.4. The summed E-state index contributed by atoms with van der Waals surface area (Å²) in [5.41, 5.74) is 5.14. The van der Waals surface area contributed by atoms with Gasteiger partial charge in [-0.25, -0.2) is 4.79 Å². The summed E-state index contributed by atoms with van der Waals surface area (Å²) < 4.78 is 6.53. The molecule has 2 aliphatic heterocycles. The Labute approximate surface area is 221 Å². The summed E-state index contributed by atoms with van der Waals surface area (Å²) in [6, 6.07) is 14.2. The van der Waals surface area contributed by atoms with Gasteiger partial charge in [0.1, 0.15) is 23.2 Å². The molecule has 11 nitrogen and oxygen atoms in total. The van der Waals surface area contributed by atoms with E-state index >= 15 is 0 Å². The van der Waals surface area contributed by atoms with Crippen LogP contribution in [0.25, 0.3) is 0 Å². The van der Waals surface area contributed by atoms with Crippen LogP contribution in [0, 0.1) is 5.41 Å². The summed E-state index contributed by atoms with van der Waals surface area (Å²) in [5, 5.41) is 24.5. The highest BCUT2D eigenvalue weighted by atomic mass is 16.5. The topological polar surface area (TPSA) is 161 Å². The molecule has 3 atom stereocenters. The first-order valence-electron chi connectivity index (χ1n) is 12.7. The Balaban J connectivity index is 1.95. The highest BCUT2D eigenvalue weighted by Crippen LogP contribution is 2.42. The van der Waals surface area contributed by atoms with E-state index < -0.39 is 23.7 Å². The number of nitrogen functional groups attached to an aromatic ring is 1. The Bertz CT molecular complexity index is 1170. The predicted octanol–water partition coefficient (Wildman–Crippen LogP) is 0.340. The lowest BCUT2D eigenvalue weighted by molar-refractivity contribution is -0.173. The van der Waals surface area contributed by atoms with E-state index in [0.717, 1.165) is 0 Å². The second kappa shape index (κ2) is 11.6. The van der Waals surface area contributed by atoms with Crippen LogP contribution in [-0.4, -0.2) is 89.9 Å². The standard InChI is InChI=1S/C27H34N6O5/c1-2-21(38-20-10-8-18(9-11-20)25(28)29)27(19-6-4-3-5-7-19,33-15-13-31-17-23(33)35)24(26(36)37)32-14-12-30-16-22(32)34/h3-11,21,24,30-31H,2,12-17H2,1H3,(H3,28,29)(H,36,37). The number of carboxylic acids is 1. The molecule has 0 radical (unpaired) electrons. The molecule has 0 spiro atoms. The van der Waals surface area contributed by atoms with Gasteiger partial charge in [-0.05, 0) is 36.2 Å².